The summed E-state index contributed by atoms with van der Waals surface area (Å²) < 4.78 is 11.0. The molecule has 0 aliphatic heterocycles. The van der Waals surface area contributed by atoms with Gasteiger partial charge in [0, 0.05) is 5.56 Å². The maximum Gasteiger partial charge on any atom is 0.349 e. The molecular weight excluding hydrogens is 300 g/mol. The Labute approximate surface area is 144 Å². The van der Waals surface area contributed by atoms with Gasteiger partial charge >= 0.3 is 5.97 Å². The minimum atomic E-state index is -0.399. The molecule has 0 heterocycles. The van der Waals surface area contributed by atoms with Crippen molar-refractivity contribution in [3.8, 4) is 11.5 Å². The van der Waals surface area contributed by atoms with E-state index in [0.717, 1.165) is 17.5 Å². The van der Waals surface area contributed by atoms with Crippen LogP contribution in [0, 0.1) is 6.92 Å². The van der Waals surface area contributed by atoms with Gasteiger partial charge in [0.05, 0.1) is 0 Å². The van der Waals surface area contributed by atoms with Gasteiger partial charge in [0.1, 0.15) is 11.5 Å². The molecule has 24 heavy (non-hydrogen) atoms. The van der Waals surface area contributed by atoms with E-state index in [1.165, 1.54) is 5.56 Å². The zero-order valence-corrected chi connectivity index (χ0v) is 15.2. The Balaban J connectivity index is 2.02. The normalized spacial score (nSPS) is 11.2. The highest BCUT2D eigenvalue weighted by Crippen LogP contribution is 2.32. The predicted octanol–water partition coefficient (Wildman–Crippen LogP) is 4.84. The lowest BCUT2D eigenvalue weighted by Gasteiger charge is -2.22. The molecular formula is C21H26O3. The van der Waals surface area contributed by atoms with E-state index in [0.29, 0.717) is 11.5 Å². The summed E-state index contributed by atoms with van der Waals surface area (Å²) in [6.45, 7) is 10.3. The van der Waals surface area contributed by atoms with Crippen LogP contribution in [0.5, 0.6) is 11.5 Å². The molecule has 0 aromatic heterocycles. The van der Waals surface area contributed by atoms with Gasteiger partial charge in [-0.25, -0.2) is 4.79 Å². The lowest BCUT2D eigenvalue weighted by atomic mass is 9.85. The Bertz CT molecular complexity index is 694. The second-order valence-corrected chi connectivity index (χ2v) is 7.01. The van der Waals surface area contributed by atoms with Gasteiger partial charge in [0.2, 0.25) is 0 Å². The van der Waals surface area contributed by atoms with Crippen LogP contribution in [0.15, 0.2) is 42.5 Å². The minimum absolute atomic E-state index is 0.0987. The highest BCUT2D eigenvalue weighted by molar-refractivity contribution is 5.74. The molecule has 0 atom stereocenters. The van der Waals surface area contributed by atoms with Crippen LogP contribution in [-0.2, 0) is 16.6 Å². The van der Waals surface area contributed by atoms with Crippen molar-refractivity contribution in [2.75, 3.05) is 6.61 Å². The summed E-state index contributed by atoms with van der Waals surface area (Å²) in [5, 5.41) is 0. The third kappa shape index (κ3) is 4.85. The molecule has 0 aliphatic rings. The predicted molar refractivity (Wildman–Crippen MR) is 96.8 cm³/mol. The number of hydrogen-bond donors (Lipinski definition) is 0. The summed E-state index contributed by atoms with van der Waals surface area (Å²) in [4.78, 5) is 12.1. The fourth-order valence-electron chi connectivity index (χ4n) is 2.43. The molecule has 0 amide bonds. The molecule has 0 fully saturated rings. The van der Waals surface area contributed by atoms with Crippen LogP contribution >= 0.6 is 0 Å². The van der Waals surface area contributed by atoms with Gasteiger partial charge in [0.25, 0.3) is 0 Å². The van der Waals surface area contributed by atoms with Crippen molar-refractivity contribution in [2.45, 2.75) is 46.5 Å². The highest BCUT2D eigenvalue weighted by atomic mass is 16.6. The van der Waals surface area contributed by atoms with Crippen LogP contribution in [0.3, 0.4) is 0 Å². The number of ether oxygens (including phenoxy) is 2. The number of aryl methyl sites for hydroxylation is 2. The summed E-state index contributed by atoms with van der Waals surface area (Å²) in [5.74, 6) is 0.871. The molecule has 0 aliphatic carbocycles. The zero-order chi connectivity index (χ0) is 17.7. The SMILES string of the molecule is CCc1ccc(OCC(=O)Oc2ccc(C)cc2C(C)(C)C)cc1. The van der Waals surface area contributed by atoms with Crippen LogP contribution in [-0.4, -0.2) is 12.6 Å². The fraction of sp³-hybridized carbons (Fsp3) is 0.381. The molecule has 2 aromatic rings. The van der Waals surface area contributed by atoms with Crippen LogP contribution in [0.1, 0.15) is 44.4 Å². The summed E-state index contributed by atoms with van der Waals surface area (Å²) in [5.41, 5.74) is 3.30. The Morgan fingerprint density at radius 2 is 1.71 bits per heavy atom. The topological polar surface area (TPSA) is 35.5 Å². The van der Waals surface area contributed by atoms with E-state index >= 15 is 0 Å². The van der Waals surface area contributed by atoms with Gasteiger partial charge in [-0.3, -0.25) is 0 Å². The van der Waals surface area contributed by atoms with Crippen molar-refractivity contribution < 1.29 is 14.3 Å². The van der Waals surface area contributed by atoms with Crippen molar-refractivity contribution in [1.29, 1.82) is 0 Å². The van der Waals surface area contributed by atoms with Crippen molar-refractivity contribution in [3.63, 3.8) is 0 Å². The largest absolute Gasteiger partial charge is 0.482 e. The first-order valence-electron chi connectivity index (χ1n) is 8.33. The van der Waals surface area contributed by atoms with Crippen LogP contribution < -0.4 is 9.47 Å². The Hall–Kier alpha value is -2.29. The van der Waals surface area contributed by atoms with Gasteiger partial charge in [-0.1, -0.05) is 57.5 Å². The second-order valence-electron chi connectivity index (χ2n) is 7.01. The van der Waals surface area contributed by atoms with Crippen LogP contribution in [0.2, 0.25) is 0 Å². The monoisotopic (exact) mass is 326 g/mol. The molecule has 3 nitrogen and oxygen atoms in total. The Morgan fingerprint density at radius 3 is 2.29 bits per heavy atom. The van der Waals surface area contributed by atoms with E-state index in [-0.39, 0.29) is 12.0 Å². The third-order valence-corrected chi connectivity index (χ3v) is 3.86. The molecule has 3 heteroatoms. The highest BCUT2D eigenvalue weighted by Gasteiger charge is 2.21. The standard InChI is InChI=1S/C21H26O3/c1-6-16-8-10-17(11-9-16)23-14-20(22)24-19-12-7-15(2)13-18(19)21(3,4)5/h7-13H,6,14H2,1-5H3. The number of hydrogen-bond acceptors (Lipinski definition) is 3. The first kappa shape index (κ1) is 18.1. The molecule has 0 saturated carbocycles. The molecule has 2 aromatic carbocycles. The second kappa shape index (κ2) is 7.52. The number of benzene rings is 2. The van der Waals surface area contributed by atoms with Gasteiger partial charge in [-0.15, -0.1) is 0 Å². The van der Waals surface area contributed by atoms with Gasteiger partial charge in [0.15, 0.2) is 6.61 Å². The molecule has 0 unspecified atom stereocenters. The van der Waals surface area contributed by atoms with E-state index in [1.807, 2.05) is 43.3 Å². The van der Waals surface area contributed by atoms with Crippen molar-refractivity contribution >= 4 is 5.97 Å². The quantitative estimate of drug-likeness (QED) is 0.582. The third-order valence-electron chi connectivity index (χ3n) is 3.86. The number of carbonyl (C=O) groups excluding carboxylic acids is 1. The molecule has 128 valence electrons. The lowest BCUT2D eigenvalue weighted by molar-refractivity contribution is -0.136. The maximum atomic E-state index is 12.1. The summed E-state index contributed by atoms with van der Waals surface area (Å²) >= 11 is 0. The van der Waals surface area contributed by atoms with E-state index in [4.69, 9.17) is 9.47 Å². The van der Waals surface area contributed by atoms with E-state index in [9.17, 15) is 4.79 Å². The zero-order valence-electron chi connectivity index (χ0n) is 15.2. The fourth-order valence-corrected chi connectivity index (χ4v) is 2.43. The van der Waals surface area contributed by atoms with Crippen molar-refractivity contribution in [2.24, 2.45) is 0 Å². The number of carbonyl (C=O) groups is 1. The van der Waals surface area contributed by atoms with E-state index in [2.05, 4.69) is 33.8 Å². The molecule has 0 saturated heterocycles. The summed E-state index contributed by atoms with van der Waals surface area (Å²) in [6, 6.07) is 13.6. The van der Waals surface area contributed by atoms with Crippen molar-refractivity contribution in [3.05, 3.63) is 59.2 Å². The average molecular weight is 326 g/mol. The number of esters is 1. The first-order valence-corrected chi connectivity index (χ1v) is 8.33. The molecule has 0 N–H and O–H groups in total. The molecule has 2 rings (SSSR count). The Morgan fingerprint density at radius 1 is 1.04 bits per heavy atom. The average Bonchev–Trinajstić information content (AvgIpc) is 2.54. The number of rotatable bonds is 5. The summed E-state index contributed by atoms with van der Waals surface area (Å²) in [6.07, 6.45) is 0.978. The maximum absolute atomic E-state index is 12.1. The van der Waals surface area contributed by atoms with Gasteiger partial charge in [-0.05, 0) is 42.5 Å². The lowest BCUT2D eigenvalue weighted by Crippen LogP contribution is -2.21. The Kier molecular flexibility index (Phi) is 5.66. The van der Waals surface area contributed by atoms with Crippen LogP contribution in [0.25, 0.3) is 0 Å². The molecule has 0 spiro atoms. The van der Waals surface area contributed by atoms with E-state index < -0.39 is 5.97 Å². The summed E-state index contributed by atoms with van der Waals surface area (Å²) in [7, 11) is 0. The van der Waals surface area contributed by atoms with Crippen LogP contribution in [0.4, 0.5) is 0 Å². The van der Waals surface area contributed by atoms with Crippen molar-refractivity contribution in [1.82, 2.24) is 0 Å². The molecule has 0 bridgehead atoms. The molecule has 0 radical (unpaired) electrons. The minimum Gasteiger partial charge on any atom is -0.482 e. The van der Waals surface area contributed by atoms with E-state index in [1.54, 1.807) is 0 Å². The van der Waals surface area contributed by atoms with Gasteiger partial charge in [-0.2, -0.15) is 0 Å². The first-order chi connectivity index (χ1) is 11.3. The smallest absolute Gasteiger partial charge is 0.349 e. The van der Waals surface area contributed by atoms with Gasteiger partial charge < -0.3 is 9.47 Å².